The molecule has 7 heteroatoms. The number of thiophene rings is 1. The Labute approximate surface area is 108 Å². The van der Waals surface area contributed by atoms with Crippen molar-refractivity contribution >= 4 is 22.3 Å². The predicted molar refractivity (Wildman–Crippen MR) is 69.8 cm³/mol. The SMILES string of the molecule is Cc1cc(-c2nc(N3CCOCC3)no2)c(N)s1. The van der Waals surface area contributed by atoms with Gasteiger partial charge < -0.3 is 19.9 Å². The first kappa shape index (κ1) is 11.5. The van der Waals surface area contributed by atoms with E-state index in [1.807, 2.05) is 17.9 Å². The molecule has 2 aromatic rings. The van der Waals surface area contributed by atoms with Crippen LogP contribution >= 0.6 is 11.3 Å². The summed E-state index contributed by atoms with van der Waals surface area (Å²) in [6.45, 7) is 4.98. The zero-order chi connectivity index (χ0) is 12.5. The van der Waals surface area contributed by atoms with E-state index in [9.17, 15) is 0 Å². The third-order valence-corrected chi connectivity index (χ3v) is 3.70. The second-order valence-electron chi connectivity index (χ2n) is 4.13. The van der Waals surface area contributed by atoms with Gasteiger partial charge in [-0.05, 0) is 18.1 Å². The molecule has 3 heterocycles. The Morgan fingerprint density at radius 3 is 2.83 bits per heavy atom. The van der Waals surface area contributed by atoms with Crippen LogP contribution in [0.25, 0.3) is 11.5 Å². The van der Waals surface area contributed by atoms with E-state index in [1.54, 1.807) is 0 Å². The normalized spacial score (nSPS) is 16.2. The van der Waals surface area contributed by atoms with E-state index in [0.29, 0.717) is 30.1 Å². The molecule has 0 aliphatic carbocycles. The molecule has 1 aliphatic heterocycles. The largest absolute Gasteiger partial charge is 0.390 e. The molecular formula is C11H14N4O2S. The van der Waals surface area contributed by atoms with Crippen molar-refractivity contribution in [3.05, 3.63) is 10.9 Å². The van der Waals surface area contributed by atoms with E-state index >= 15 is 0 Å². The van der Waals surface area contributed by atoms with Crippen LogP contribution in [-0.2, 0) is 4.74 Å². The zero-order valence-corrected chi connectivity index (χ0v) is 10.9. The Kier molecular flexibility index (Phi) is 2.92. The minimum atomic E-state index is 0.485. The number of hydrogen-bond acceptors (Lipinski definition) is 7. The smallest absolute Gasteiger partial charge is 0.266 e. The first-order chi connectivity index (χ1) is 8.74. The summed E-state index contributed by atoms with van der Waals surface area (Å²) in [5, 5.41) is 4.71. The van der Waals surface area contributed by atoms with Gasteiger partial charge in [-0.25, -0.2) is 0 Å². The molecule has 2 aromatic heterocycles. The zero-order valence-electron chi connectivity index (χ0n) is 10.0. The molecule has 0 unspecified atom stereocenters. The summed E-state index contributed by atoms with van der Waals surface area (Å²) in [6.07, 6.45) is 0. The molecule has 0 radical (unpaired) electrons. The highest BCUT2D eigenvalue weighted by atomic mass is 32.1. The van der Waals surface area contributed by atoms with Gasteiger partial charge in [-0.2, -0.15) is 4.98 Å². The average Bonchev–Trinajstić information content (AvgIpc) is 2.97. The van der Waals surface area contributed by atoms with Crippen LogP contribution in [-0.4, -0.2) is 36.4 Å². The van der Waals surface area contributed by atoms with E-state index in [0.717, 1.165) is 23.5 Å². The van der Waals surface area contributed by atoms with Crippen LogP contribution in [0.1, 0.15) is 4.88 Å². The molecule has 96 valence electrons. The van der Waals surface area contributed by atoms with Crippen molar-refractivity contribution in [2.75, 3.05) is 36.9 Å². The molecule has 0 aromatic carbocycles. The number of ether oxygens (including phenoxy) is 1. The highest BCUT2D eigenvalue weighted by molar-refractivity contribution is 7.16. The van der Waals surface area contributed by atoms with Gasteiger partial charge in [0.25, 0.3) is 11.8 Å². The summed E-state index contributed by atoms with van der Waals surface area (Å²) in [5.74, 6) is 1.09. The van der Waals surface area contributed by atoms with Crippen LogP contribution in [0.15, 0.2) is 10.6 Å². The van der Waals surface area contributed by atoms with Gasteiger partial charge in [-0.15, -0.1) is 11.3 Å². The summed E-state index contributed by atoms with van der Waals surface area (Å²) in [4.78, 5) is 7.58. The maximum absolute atomic E-state index is 5.92. The van der Waals surface area contributed by atoms with Crippen LogP contribution in [0.5, 0.6) is 0 Å². The molecule has 0 saturated carbocycles. The second kappa shape index (κ2) is 4.58. The second-order valence-corrected chi connectivity index (χ2v) is 5.42. The molecule has 0 atom stereocenters. The van der Waals surface area contributed by atoms with E-state index < -0.39 is 0 Å². The van der Waals surface area contributed by atoms with E-state index in [4.69, 9.17) is 15.0 Å². The Morgan fingerprint density at radius 1 is 1.39 bits per heavy atom. The van der Waals surface area contributed by atoms with E-state index in [-0.39, 0.29) is 0 Å². The third kappa shape index (κ3) is 2.06. The molecule has 1 aliphatic rings. The lowest BCUT2D eigenvalue weighted by molar-refractivity contribution is 0.121. The van der Waals surface area contributed by atoms with Crippen LogP contribution in [0, 0.1) is 6.92 Å². The summed E-state index contributed by atoms with van der Waals surface area (Å²) < 4.78 is 10.6. The number of nitrogen functional groups attached to an aromatic ring is 1. The average molecular weight is 266 g/mol. The maximum Gasteiger partial charge on any atom is 0.266 e. The Balaban J connectivity index is 1.86. The van der Waals surface area contributed by atoms with Gasteiger partial charge in [0.15, 0.2) is 0 Å². The monoisotopic (exact) mass is 266 g/mol. The fraction of sp³-hybridized carbons (Fsp3) is 0.455. The quantitative estimate of drug-likeness (QED) is 0.888. The molecule has 3 rings (SSSR count). The highest BCUT2D eigenvalue weighted by Gasteiger charge is 2.19. The lowest BCUT2D eigenvalue weighted by Gasteiger charge is -2.24. The maximum atomic E-state index is 5.92. The van der Waals surface area contributed by atoms with E-state index in [2.05, 4.69) is 10.1 Å². The molecule has 1 saturated heterocycles. The van der Waals surface area contributed by atoms with Crippen molar-refractivity contribution in [3.63, 3.8) is 0 Å². The van der Waals surface area contributed by atoms with Crippen molar-refractivity contribution in [2.45, 2.75) is 6.92 Å². The number of hydrogen-bond donors (Lipinski definition) is 1. The molecule has 0 bridgehead atoms. The topological polar surface area (TPSA) is 77.4 Å². The molecule has 0 spiro atoms. The molecule has 6 nitrogen and oxygen atoms in total. The van der Waals surface area contributed by atoms with Gasteiger partial charge in [0.05, 0.1) is 23.8 Å². The fourth-order valence-electron chi connectivity index (χ4n) is 1.92. The first-order valence-electron chi connectivity index (χ1n) is 5.77. The van der Waals surface area contributed by atoms with Crippen molar-refractivity contribution in [3.8, 4) is 11.5 Å². The summed E-state index contributed by atoms with van der Waals surface area (Å²) in [5.41, 5.74) is 6.74. The van der Waals surface area contributed by atoms with Gasteiger partial charge in [0.1, 0.15) is 0 Å². The minimum absolute atomic E-state index is 0.485. The van der Waals surface area contributed by atoms with Crippen molar-refractivity contribution in [1.29, 1.82) is 0 Å². The summed E-state index contributed by atoms with van der Waals surface area (Å²) >= 11 is 1.53. The minimum Gasteiger partial charge on any atom is -0.390 e. The molecular weight excluding hydrogens is 252 g/mol. The van der Waals surface area contributed by atoms with Crippen LogP contribution in [0.3, 0.4) is 0 Å². The van der Waals surface area contributed by atoms with E-state index in [1.165, 1.54) is 11.3 Å². The lowest BCUT2D eigenvalue weighted by atomic mass is 10.3. The molecule has 0 amide bonds. The third-order valence-electron chi connectivity index (χ3n) is 2.82. The van der Waals surface area contributed by atoms with Crippen molar-refractivity contribution in [1.82, 2.24) is 10.1 Å². The lowest BCUT2D eigenvalue weighted by Crippen LogP contribution is -2.36. The van der Waals surface area contributed by atoms with Gasteiger partial charge >= 0.3 is 0 Å². The first-order valence-corrected chi connectivity index (χ1v) is 6.58. The van der Waals surface area contributed by atoms with Crippen LogP contribution in [0.2, 0.25) is 0 Å². The Bertz CT molecular complexity index is 545. The highest BCUT2D eigenvalue weighted by Crippen LogP contribution is 2.33. The standard InChI is InChI=1S/C11H14N4O2S/c1-7-6-8(9(12)18-7)10-13-11(14-17-10)15-2-4-16-5-3-15/h6H,2-5,12H2,1H3. The van der Waals surface area contributed by atoms with Crippen LogP contribution in [0.4, 0.5) is 10.9 Å². The number of aromatic nitrogens is 2. The summed E-state index contributed by atoms with van der Waals surface area (Å²) in [7, 11) is 0. The number of aryl methyl sites for hydroxylation is 1. The summed E-state index contributed by atoms with van der Waals surface area (Å²) in [6, 6.07) is 1.97. The fourth-order valence-corrected chi connectivity index (χ4v) is 2.70. The van der Waals surface area contributed by atoms with Crippen molar-refractivity contribution in [2.24, 2.45) is 0 Å². The van der Waals surface area contributed by atoms with Gasteiger partial charge in [-0.3, -0.25) is 0 Å². The van der Waals surface area contributed by atoms with Crippen molar-refractivity contribution < 1.29 is 9.26 Å². The van der Waals surface area contributed by atoms with Crippen LogP contribution < -0.4 is 10.6 Å². The molecule has 1 fully saturated rings. The number of anilines is 2. The Morgan fingerprint density at radius 2 is 2.17 bits per heavy atom. The van der Waals surface area contributed by atoms with Gasteiger partial charge in [0, 0.05) is 18.0 Å². The predicted octanol–water partition coefficient (Wildman–Crippen LogP) is 1.53. The number of rotatable bonds is 2. The van der Waals surface area contributed by atoms with Gasteiger partial charge in [0.2, 0.25) is 0 Å². The molecule has 18 heavy (non-hydrogen) atoms. The number of nitrogens with two attached hydrogens (primary N) is 1. The number of morpholine rings is 1. The Hall–Kier alpha value is -1.60. The van der Waals surface area contributed by atoms with Gasteiger partial charge in [-0.1, -0.05) is 0 Å². The number of nitrogens with zero attached hydrogens (tertiary/aromatic N) is 3. The molecule has 2 N–H and O–H groups in total.